The fraction of sp³-hybridized carbons (Fsp3) is 0.120. The number of fused-ring (bicyclic) bond motifs is 1. The predicted octanol–water partition coefficient (Wildman–Crippen LogP) is 5.53. The smallest absolute Gasteiger partial charge is 0.251 e. The quantitative estimate of drug-likeness (QED) is 0.402. The molecule has 0 aliphatic rings. The molecule has 2 amide bonds. The van der Waals surface area contributed by atoms with Gasteiger partial charge in [-0.15, -0.1) is 11.3 Å². The summed E-state index contributed by atoms with van der Waals surface area (Å²) < 4.78 is 27.7. The molecular formula is C25H20F2N2O2S. The number of hydrogen-bond acceptors (Lipinski definition) is 3. The highest BCUT2D eigenvalue weighted by atomic mass is 32.1. The molecule has 4 aromatic rings. The minimum absolute atomic E-state index is 0.00524. The van der Waals surface area contributed by atoms with Crippen LogP contribution < -0.4 is 10.2 Å². The molecule has 32 heavy (non-hydrogen) atoms. The highest BCUT2D eigenvalue weighted by Gasteiger charge is 2.20. The molecule has 1 aromatic heterocycles. The Hall–Kier alpha value is -3.58. The van der Waals surface area contributed by atoms with Crippen molar-refractivity contribution in [1.82, 2.24) is 5.32 Å². The average Bonchev–Trinajstić information content (AvgIpc) is 3.31. The van der Waals surface area contributed by atoms with Crippen LogP contribution in [-0.4, -0.2) is 18.4 Å². The van der Waals surface area contributed by atoms with Crippen LogP contribution in [0.1, 0.15) is 21.7 Å². The number of anilines is 1. The van der Waals surface area contributed by atoms with Crippen molar-refractivity contribution in [2.45, 2.75) is 13.0 Å². The zero-order valence-electron chi connectivity index (χ0n) is 17.1. The minimum atomic E-state index is -0.810. The number of rotatable bonds is 7. The summed E-state index contributed by atoms with van der Waals surface area (Å²) in [6.45, 7) is 0.256. The summed E-state index contributed by atoms with van der Waals surface area (Å²) in [4.78, 5) is 27.6. The molecule has 162 valence electrons. The zero-order valence-corrected chi connectivity index (χ0v) is 17.9. The maximum Gasteiger partial charge on any atom is 0.251 e. The number of nitrogens with one attached hydrogen (secondary N) is 1. The lowest BCUT2D eigenvalue weighted by molar-refractivity contribution is -0.118. The molecule has 0 saturated heterocycles. The summed E-state index contributed by atoms with van der Waals surface area (Å²) in [5, 5.41) is 6.59. The van der Waals surface area contributed by atoms with Gasteiger partial charge in [0.15, 0.2) is 0 Å². The molecule has 3 aromatic carbocycles. The van der Waals surface area contributed by atoms with Crippen LogP contribution in [-0.2, 0) is 11.3 Å². The van der Waals surface area contributed by atoms with Crippen LogP contribution >= 0.6 is 11.3 Å². The van der Waals surface area contributed by atoms with E-state index in [1.165, 1.54) is 22.3 Å². The fourth-order valence-corrected chi connectivity index (χ4v) is 4.11. The van der Waals surface area contributed by atoms with E-state index < -0.39 is 11.6 Å². The van der Waals surface area contributed by atoms with E-state index in [0.29, 0.717) is 5.56 Å². The van der Waals surface area contributed by atoms with Gasteiger partial charge in [0.25, 0.3) is 5.91 Å². The topological polar surface area (TPSA) is 49.4 Å². The lowest BCUT2D eigenvalue weighted by Crippen LogP contribution is -2.34. The summed E-state index contributed by atoms with van der Waals surface area (Å²) in [7, 11) is 0. The van der Waals surface area contributed by atoms with Gasteiger partial charge in [-0.25, -0.2) is 8.78 Å². The minimum Gasteiger partial charge on any atom is -0.352 e. The summed E-state index contributed by atoms with van der Waals surface area (Å²) >= 11 is 1.44. The van der Waals surface area contributed by atoms with Crippen molar-refractivity contribution in [3.05, 3.63) is 100 Å². The van der Waals surface area contributed by atoms with Gasteiger partial charge in [0.2, 0.25) is 5.91 Å². The number of carbonyl (C=O) groups excluding carboxylic acids is 2. The van der Waals surface area contributed by atoms with Crippen LogP contribution in [0.3, 0.4) is 0 Å². The monoisotopic (exact) mass is 450 g/mol. The van der Waals surface area contributed by atoms with Crippen LogP contribution in [0.2, 0.25) is 0 Å². The molecule has 4 rings (SSSR count). The van der Waals surface area contributed by atoms with Gasteiger partial charge in [0, 0.05) is 29.5 Å². The number of benzene rings is 3. The van der Waals surface area contributed by atoms with Gasteiger partial charge in [0.05, 0.1) is 12.2 Å². The maximum absolute atomic E-state index is 14.4. The Morgan fingerprint density at radius 3 is 2.47 bits per heavy atom. The molecule has 0 radical (unpaired) electrons. The van der Waals surface area contributed by atoms with E-state index >= 15 is 0 Å². The van der Waals surface area contributed by atoms with Gasteiger partial charge in [0.1, 0.15) is 11.6 Å². The Labute approximate surface area is 188 Å². The second-order valence-electron chi connectivity index (χ2n) is 7.22. The second-order valence-corrected chi connectivity index (χ2v) is 8.26. The number of carbonyl (C=O) groups is 2. The van der Waals surface area contributed by atoms with Crippen LogP contribution in [0.4, 0.5) is 14.5 Å². The Morgan fingerprint density at radius 1 is 0.906 bits per heavy atom. The molecule has 0 bridgehead atoms. The third kappa shape index (κ3) is 5.00. The van der Waals surface area contributed by atoms with E-state index in [0.717, 1.165) is 27.8 Å². The molecule has 0 saturated carbocycles. The van der Waals surface area contributed by atoms with Gasteiger partial charge in [-0.1, -0.05) is 36.4 Å². The first-order chi connectivity index (χ1) is 15.5. The molecule has 0 spiro atoms. The van der Waals surface area contributed by atoms with Gasteiger partial charge >= 0.3 is 0 Å². The molecule has 0 aliphatic carbocycles. The zero-order chi connectivity index (χ0) is 22.5. The van der Waals surface area contributed by atoms with Crippen LogP contribution in [0.5, 0.6) is 0 Å². The van der Waals surface area contributed by atoms with Crippen molar-refractivity contribution in [2.24, 2.45) is 0 Å². The molecule has 0 unspecified atom stereocenters. The van der Waals surface area contributed by atoms with E-state index in [-0.39, 0.29) is 37.0 Å². The van der Waals surface area contributed by atoms with Crippen molar-refractivity contribution < 1.29 is 18.4 Å². The predicted molar refractivity (Wildman–Crippen MR) is 123 cm³/mol. The highest BCUT2D eigenvalue weighted by Crippen LogP contribution is 2.24. The number of halogens is 2. The van der Waals surface area contributed by atoms with Crippen molar-refractivity contribution >= 4 is 39.6 Å². The van der Waals surface area contributed by atoms with E-state index in [1.807, 2.05) is 47.8 Å². The van der Waals surface area contributed by atoms with Crippen molar-refractivity contribution in [1.29, 1.82) is 0 Å². The van der Waals surface area contributed by atoms with E-state index in [1.54, 1.807) is 12.1 Å². The van der Waals surface area contributed by atoms with Gasteiger partial charge in [-0.3, -0.25) is 9.59 Å². The van der Waals surface area contributed by atoms with E-state index in [9.17, 15) is 18.4 Å². The normalized spacial score (nSPS) is 10.8. The Morgan fingerprint density at radius 2 is 1.72 bits per heavy atom. The standard InChI is InChI=1S/C25H20F2N2O2S/c26-20-9-10-23(22(27)15-20)29(16-21-6-3-13-32-21)24(30)11-12-28-25(31)19-8-7-17-4-1-2-5-18(17)14-19/h1-10,13-15H,11-12,16H2,(H,28,31). The van der Waals surface area contributed by atoms with Crippen molar-refractivity contribution in [3.63, 3.8) is 0 Å². The lowest BCUT2D eigenvalue weighted by Gasteiger charge is -2.23. The first-order valence-corrected chi connectivity index (χ1v) is 10.9. The number of thiophene rings is 1. The number of nitrogens with zero attached hydrogens (tertiary/aromatic N) is 1. The summed E-state index contributed by atoms with van der Waals surface area (Å²) in [5.41, 5.74) is 0.502. The third-order valence-electron chi connectivity index (χ3n) is 5.03. The van der Waals surface area contributed by atoms with E-state index in [4.69, 9.17) is 0 Å². The van der Waals surface area contributed by atoms with Crippen LogP contribution in [0.25, 0.3) is 10.8 Å². The first-order valence-electron chi connectivity index (χ1n) is 10.1. The molecule has 1 N–H and O–H groups in total. The average molecular weight is 451 g/mol. The molecule has 4 nitrogen and oxygen atoms in total. The van der Waals surface area contributed by atoms with E-state index in [2.05, 4.69) is 5.32 Å². The highest BCUT2D eigenvalue weighted by molar-refractivity contribution is 7.09. The molecular weight excluding hydrogens is 430 g/mol. The van der Waals surface area contributed by atoms with Crippen molar-refractivity contribution in [2.75, 3.05) is 11.4 Å². The molecule has 1 heterocycles. The van der Waals surface area contributed by atoms with Crippen LogP contribution in [0.15, 0.2) is 78.2 Å². The third-order valence-corrected chi connectivity index (χ3v) is 5.89. The Bertz CT molecular complexity index is 1260. The number of hydrogen-bond donors (Lipinski definition) is 1. The Balaban J connectivity index is 1.43. The van der Waals surface area contributed by atoms with Crippen LogP contribution in [0, 0.1) is 11.6 Å². The summed E-state index contributed by atoms with van der Waals surface area (Å²) in [6, 6.07) is 19.9. The fourth-order valence-electron chi connectivity index (χ4n) is 3.42. The summed E-state index contributed by atoms with van der Waals surface area (Å²) in [5.74, 6) is -2.18. The summed E-state index contributed by atoms with van der Waals surface area (Å²) in [6.07, 6.45) is -0.0263. The van der Waals surface area contributed by atoms with Gasteiger partial charge in [-0.05, 0) is 46.5 Å². The number of amides is 2. The van der Waals surface area contributed by atoms with Crippen molar-refractivity contribution in [3.8, 4) is 0 Å². The SMILES string of the molecule is O=C(NCCC(=O)N(Cc1cccs1)c1ccc(F)cc1F)c1ccc2ccccc2c1. The molecule has 7 heteroatoms. The van der Waals surface area contributed by atoms with Gasteiger partial charge in [-0.2, -0.15) is 0 Å². The second kappa shape index (κ2) is 9.70. The largest absolute Gasteiger partial charge is 0.352 e. The maximum atomic E-state index is 14.4. The first kappa shape index (κ1) is 21.6. The van der Waals surface area contributed by atoms with Gasteiger partial charge < -0.3 is 10.2 Å². The Kier molecular flexibility index (Phi) is 6.56. The molecule has 0 fully saturated rings. The molecule has 0 aliphatic heterocycles. The molecule has 0 atom stereocenters. The lowest BCUT2D eigenvalue weighted by atomic mass is 10.1.